The summed E-state index contributed by atoms with van der Waals surface area (Å²) in [5, 5.41) is 20.4. The van der Waals surface area contributed by atoms with Gasteiger partial charge in [-0.3, -0.25) is 14.8 Å². The third-order valence-corrected chi connectivity index (χ3v) is 6.12. The van der Waals surface area contributed by atoms with Crippen LogP contribution < -0.4 is 5.32 Å². The van der Waals surface area contributed by atoms with E-state index in [2.05, 4.69) is 31.6 Å². The number of ether oxygens (including phenoxy) is 1. The number of hydrogen-bond donors (Lipinski definition) is 1. The number of fused-ring (bicyclic) bond motifs is 1. The molecule has 0 spiro atoms. The average molecular weight is 445 g/mol. The van der Waals surface area contributed by atoms with Crippen molar-refractivity contribution < 1.29 is 17.9 Å². The SMILES string of the molecule is COCC(=O)Nc1nc2ccnc(-c3cnn(C4(CC#N)CN(S(C)(=O)=O)C4)c3)n2n1. The highest BCUT2D eigenvalue weighted by molar-refractivity contribution is 7.88. The summed E-state index contributed by atoms with van der Waals surface area (Å²) in [5.74, 6) is 0.141. The Kier molecular flexibility index (Phi) is 5.17. The van der Waals surface area contributed by atoms with E-state index in [9.17, 15) is 18.5 Å². The number of aromatic nitrogens is 6. The molecule has 0 aromatic carbocycles. The van der Waals surface area contributed by atoms with Gasteiger partial charge in [0.15, 0.2) is 11.5 Å². The van der Waals surface area contributed by atoms with Crippen molar-refractivity contribution in [1.82, 2.24) is 33.7 Å². The van der Waals surface area contributed by atoms with Crippen LogP contribution in [0, 0.1) is 11.3 Å². The Hall–Kier alpha value is -3.41. The van der Waals surface area contributed by atoms with Crippen LogP contribution in [0.5, 0.6) is 0 Å². The molecule has 162 valence electrons. The molecule has 0 radical (unpaired) electrons. The molecule has 14 heteroatoms. The summed E-state index contributed by atoms with van der Waals surface area (Å²) in [6, 6.07) is 3.75. The Bertz CT molecular complexity index is 1280. The van der Waals surface area contributed by atoms with Gasteiger partial charge < -0.3 is 4.74 Å². The number of carbonyl (C=O) groups excluding carboxylic acids is 1. The summed E-state index contributed by atoms with van der Waals surface area (Å²) >= 11 is 0. The number of nitrogens with one attached hydrogen (secondary N) is 1. The smallest absolute Gasteiger partial charge is 0.252 e. The van der Waals surface area contributed by atoms with E-state index in [0.29, 0.717) is 17.0 Å². The molecule has 1 aliphatic heterocycles. The maximum absolute atomic E-state index is 11.8. The minimum absolute atomic E-state index is 0.104. The molecule has 1 aliphatic rings. The second kappa shape index (κ2) is 7.69. The third kappa shape index (κ3) is 3.85. The standard InChI is InChI=1S/C17H19N9O4S/c1-30-9-14(27)22-16-21-13-3-6-19-15(26(13)23-16)12-7-20-25(8-12)17(4-5-18)10-24(11-17)31(2,28)29/h3,6-8H,4,9-11H2,1-2H3,(H,22,23,27). The first-order valence-electron chi connectivity index (χ1n) is 9.14. The van der Waals surface area contributed by atoms with Crippen LogP contribution in [0.3, 0.4) is 0 Å². The van der Waals surface area contributed by atoms with Gasteiger partial charge in [0.05, 0.1) is 30.5 Å². The molecule has 0 aliphatic carbocycles. The van der Waals surface area contributed by atoms with Crippen molar-refractivity contribution in [2.75, 3.05) is 38.4 Å². The van der Waals surface area contributed by atoms with Crippen molar-refractivity contribution in [2.45, 2.75) is 12.0 Å². The van der Waals surface area contributed by atoms with Crippen LogP contribution in [-0.4, -0.2) is 81.1 Å². The number of nitriles is 1. The van der Waals surface area contributed by atoms with E-state index in [1.807, 2.05) is 0 Å². The first kappa shape index (κ1) is 20.8. The molecular weight excluding hydrogens is 426 g/mol. The van der Waals surface area contributed by atoms with E-state index in [1.54, 1.807) is 29.3 Å². The van der Waals surface area contributed by atoms with E-state index >= 15 is 0 Å². The monoisotopic (exact) mass is 445 g/mol. The first-order chi connectivity index (χ1) is 14.8. The number of hydrogen-bond acceptors (Lipinski definition) is 9. The number of sulfonamides is 1. The summed E-state index contributed by atoms with van der Waals surface area (Å²) in [7, 11) is -1.93. The summed E-state index contributed by atoms with van der Waals surface area (Å²) in [6.07, 6.45) is 6.06. The van der Waals surface area contributed by atoms with E-state index in [1.165, 1.54) is 15.9 Å². The van der Waals surface area contributed by atoms with Crippen LogP contribution in [0.15, 0.2) is 24.7 Å². The van der Waals surface area contributed by atoms with Crippen molar-refractivity contribution in [3.63, 3.8) is 0 Å². The highest BCUT2D eigenvalue weighted by Crippen LogP contribution is 2.34. The van der Waals surface area contributed by atoms with E-state index in [0.717, 1.165) is 6.26 Å². The second-order valence-electron chi connectivity index (χ2n) is 7.22. The maximum atomic E-state index is 11.8. The Balaban J connectivity index is 1.65. The van der Waals surface area contributed by atoms with Gasteiger partial charge in [0.25, 0.3) is 5.91 Å². The van der Waals surface area contributed by atoms with Crippen molar-refractivity contribution in [1.29, 1.82) is 5.26 Å². The van der Waals surface area contributed by atoms with Crippen molar-refractivity contribution in [3.8, 4) is 17.5 Å². The number of amides is 1. The predicted molar refractivity (Wildman–Crippen MR) is 107 cm³/mol. The Labute approximate surface area is 177 Å². The number of nitrogens with zero attached hydrogens (tertiary/aromatic N) is 8. The van der Waals surface area contributed by atoms with Crippen molar-refractivity contribution >= 4 is 27.5 Å². The normalized spacial score (nSPS) is 16.0. The zero-order valence-corrected chi connectivity index (χ0v) is 17.6. The molecule has 1 saturated heterocycles. The fraction of sp³-hybridized carbons (Fsp3) is 0.412. The van der Waals surface area contributed by atoms with E-state index in [4.69, 9.17) is 4.74 Å². The molecule has 3 aromatic rings. The fourth-order valence-electron chi connectivity index (χ4n) is 3.39. The highest BCUT2D eigenvalue weighted by Gasteiger charge is 2.49. The lowest BCUT2D eigenvalue weighted by Crippen LogP contribution is -2.63. The minimum Gasteiger partial charge on any atom is -0.375 e. The van der Waals surface area contributed by atoms with Crippen molar-refractivity contribution in [2.24, 2.45) is 0 Å². The number of rotatable bonds is 7. The molecule has 3 aromatic heterocycles. The van der Waals surface area contributed by atoms with Gasteiger partial charge >= 0.3 is 0 Å². The number of anilines is 1. The molecule has 31 heavy (non-hydrogen) atoms. The largest absolute Gasteiger partial charge is 0.375 e. The molecule has 0 atom stereocenters. The number of methoxy groups -OCH3 is 1. The van der Waals surface area contributed by atoms with Gasteiger partial charge in [-0.15, -0.1) is 5.10 Å². The highest BCUT2D eigenvalue weighted by atomic mass is 32.2. The lowest BCUT2D eigenvalue weighted by molar-refractivity contribution is -0.119. The van der Waals surface area contributed by atoms with Crippen LogP contribution in [0.1, 0.15) is 6.42 Å². The lowest BCUT2D eigenvalue weighted by Gasteiger charge is -2.47. The van der Waals surface area contributed by atoms with Gasteiger partial charge in [0.2, 0.25) is 16.0 Å². The molecule has 4 rings (SSSR count). The van der Waals surface area contributed by atoms with Crippen LogP contribution in [0.25, 0.3) is 17.0 Å². The maximum Gasteiger partial charge on any atom is 0.252 e. The lowest BCUT2D eigenvalue weighted by atomic mass is 9.89. The molecule has 0 bridgehead atoms. The summed E-state index contributed by atoms with van der Waals surface area (Å²) in [5.41, 5.74) is 0.315. The number of carbonyl (C=O) groups is 1. The average Bonchev–Trinajstić information content (AvgIpc) is 3.30. The van der Waals surface area contributed by atoms with E-state index in [-0.39, 0.29) is 38.0 Å². The fourth-order valence-corrected chi connectivity index (χ4v) is 4.34. The van der Waals surface area contributed by atoms with Gasteiger partial charge in [-0.05, 0) is 0 Å². The van der Waals surface area contributed by atoms with Crippen LogP contribution in [0.4, 0.5) is 5.95 Å². The van der Waals surface area contributed by atoms with Gasteiger partial charge in [0.1, 0.15) is 12.1 Å². The minimum atomic E-state index is -3.34. The second-order valence-corrected chi connectivity index (χ2v) is 9.20. The van der Waals surface area contributed by atoms with Crippen molar-refractivity contribution in [3.05, 3.63) is 24.7 Å². The molecule has 4 heterocycles. The van der Waals surface area contributed by atoms with Gasteiger partial charge in [0, 0.05) is 38.7 Å². The molecule has 0 unspecified atom stereocenters. The molecule has 13 nitrogen and oxygen atoms in total. The zero-order valence-electron chi connectivity index (χ0n) is 16.8. The molecule has 0 saturated carbocycles. The Morgan fingerprint density at radius 3 is 2.87 bits per heavy atom. The Morgan fingerprint density at radius 2 is 2.19 bits per heavy atom. The summed E-state index contributed by atoms with van der Waals surface area (Å²) in [4.78, 5) is 20.3. The predicted octanol–water partition coefficient (Wildman–Crippen LogP) is -0.543. The molecule has 1 amide bonds. The van der Waals surface area contributed by atoms with Gasteiger partial charge in [-0.2, -0.15) is 24.2 Å². The van der Waals surface area contributed by atoms with Crippen LogP contribution in [-0.2, 0) is 25.1 Å². The topological polar surface area (TPSA) is 160 Å². The summed E-state index contributed by atoms with van der Waals surface area (Å²) < 4.78 is 32.7. The third-order valence-electron chi connectivity index (χ3n) is 4.93. The molecular formula is C17H19N9O4S. The Morgan fingerprint density at radius 1 is 1.42 bits per heavy atom. The van der Waals surface area contributed by atoms with Gasteiger partial charge in [-0.25, -0.2) is 13.4 Å². The quantitative estimate of drug-likeness (QED) is 0.503. The van der Waals surface area contributed by atoms with Crippen LogP contribution in [0.2, 0.25) is 0 Å². The van der Waals surface area contributed by atoms with Gasteiger partial charge in [-0.1, -0.05) is 0 Å². The molecule has 1 N–H and O–H groups in total. The first-order valence-corrected chi connectivity index (χ1v) is 11.0. The summed E-state index contributed by atoms with van der Waals surface area (Å²) in [6.45, 7) is 0.202. The van der Waals surface area contributed by atoms with Crippen LogP contribution >= 0.6 is 0 Å². The zero-order chi connectivity index (χ0) is 22.2. The molecule has 1 fully saturated rings. The van der Waals surface area contributed by atoms with E-state index < -0.39 is 15.6 Å².